The van der Waals surface area contributed by atoms with E-state index in [9.17, 15) is 4.39 Å². The minimum Gasteiger partial charge on any atom is -0.370 e. The van der Waals surface area contributed by atoms with Crippen molar-refractivity contribution in [3.8, 4) is 0 Å². The highest BCUT2D eigenvalue weighted by molar-refractivity contribution is 6.31. The Balaban J connectivity index is 2.33. The number of rotatable bonds is 6. The first-order valence-electron chi connectivity index (χ1n) is 6.95. The van der Waals surface area contributed by atoms with Crippen LogP contribution < -0.4 is 10.6 Å². The summed E-state index contributed by atoms with van der Waals surface area (Å²) in [6.45, 7) is 4.90. The van der Waals surface area contributed by atoms with Crippen LogP contribution in [0.4, 0.5) is 21.7 Å². The van der Waals surface area contributed by atoms with E-state index in [0.29, 0.717) is 11.5 Å². The van der Waals surface area contributed by atoms with Gasteiger partial charge in [0, 0.05) is 17.8 Å². The molecule has 0 fully saturated rings. The summed E-state index contributed by atoms with van der Waals surface area (Å²) in [6.07, 6.45) is 3.33. The van der Waals surface area contributed by atoms with Gasteiger partial charge in [-0.15, -0.1) is 0 Å². The predicted molar refractivity (Wildman–Crippen MR) is 84.9 cm³/mol. The molecule has 0 spiro atoms. The molecule has 1 aromatic carbocycles. The molecule has 2 N–H and O–H groups in total. The molecular formula is C15H18ClFN4. The van der Waals surface area contributed by atoms with E-state index in [0.717, 1.165) is 30.8 Å². The fraction of sp³-hybridized carbons (Fsp3) is 0.333. The Kier molecular flexibility index (Phi) is 5.33. The number of nitrogens with zero attached hydrogens (tertiary/aromatic N) is 2. The third-order valence-corrected chi connectivity index (χ3v) is 3.26. The maximum Gasteiger partial charge on any atom is 0.141 e. The molecule has 1 aromatic heterocycles. The van der Waals surface area contributed by atoms with Gasteiger partial charge in [-0.05, 0) is 31.5 Å². The number of halogens is 2. The molecule has 112 valence electrons. The molecule has 2 rings (SSSR count). The maximum atomic E-state index is 13.2. The van der Waals surface area contributed by atoms with E-state index in [4.69, 9.17) is 11.6 Å². The summed E-state index contributed by atoms with van der Waals surface area (Å²) in [7, 11) is 0. The topological polar surface area (TPSA) is 49.8 Å². The van der Waals surface area contributed by atoms with Gasteiger partial charge in [0.1, 0.15) is 23.8 Å². The van der Waals surface area contributed by atoms with Crippen LogP contribution in [0.15, 0.2) is 24.5 Å². The van der Waals surface area contributed by atoms with E-state index >= 15 is 0 Å². The minimum absolute atomic E-state index is 0.0815. The van der Waals surface area contributed by atoms with Crippen LogP contribution in [0.5, 0.6) is 0 Å². The van der Waals surface area contributed by atoms with Crippen LogP contribution in [-0.4, -0.2) is 16.5 Å². The van der Waals surface area contributed by atoms with Gasteiger partial charge in [-0.3, -0.25) is 0 Å². The number of hydrogen-bond acceptors (Lipinski definition) is 4. The number of nitrogens with one attached hydrogen (secondary N) is 2. The number of aromatic nitrogens is 2. The fourth-order valence-electron chi connectivity index (χ4n) is 2.04. The molecule has 0 unspecified atom stereocenters. The van der Waals surface area contributed by atoms with Crippen LogP contribution in [0, 0.1) is 5.82 Å². The first kappa shape index (κ1) is 15.5. The van der Waals surface area contributed by atoms with Crippen molar-refractivity contribution in [2.24, 2.45) is 0 Å². The van der Waals surface area contributed by atoms with Gasteiger partial charge in [0.15, 0.2) is 0 Å². The van der Waals surface area contributed by atoms with Crippen molar-refractivity contribution in [3.63, 3.8) is 0 Å². The molecule has 0 bridgehead atoms. The summed E-state index contributed by atoms with van der Waals surface area (Å²) >= 11 is 5.80. The molecule has 0 saturated heterocycles. The average molecular weight is 309 g/mol. The van der Waals surface area contributed by atoms with Crippen molar-refractivity contribution in [1.82, 2.24) is 9.97 Å². The summed E-state index contributed by atoms with van der Waals surface area (Å²) in [5.74, 6) is 1.10. The van der Waals surface area contributed by atoms with Crippen molar-refractivity contribution >= 4 is 28.9 Å². The molecule has 6 heteroatoms. The zero-order valence-electron chi connectivity index (χ0n) is 12.1. The van der Waals surface area contributed by atoms with Gasteiger partial charge in [-0.25, -0.2) is 14.4 Å². The van der Waals surface area contributed by atoms with Crippen LogP contribution >= 0.6 is 11.6 Å². The highest BCUT2D eigenvalue weighted by atomic mass is 35.5. The van der Waals surface area contributed by atoms with E-state index in [1.807, 2.05) is 6.92 Å². The van der Waals surface area contributed by atoms with Gasteiger partial charge in [-0.2, -0.15) is 0 Å². The third-order valence-electron chi connectivity index (χ3n) is 2.97. The zero-order valence-corrected chi connectivity index (χ0v) is 12.8. The van der Waals surface area contributed by atoms with Crippen LogP contribution in [0.3, 0.4) is 0 Å². The normalized spacial score (nSPS) is 10.5. The molecule has 0 aliphatic rings. The molecule has 21 heavy (non-hydrogen) atoms. The summed E-state index contributed by atoms with van der Waals surface area (Å²) in [5, 5.41) is 6.49. The standard InChI is InChI=1S/C15H18ClFN4/c1-3-5-11-14(18-4-2)19-9-20-15(11)21-10-6-7-13(17)12(16)8-10/h6-9H,3-5H2,1-2H3,(H2,18,19,20,21). The van der Waals surface area contributed by atoms with E-state index in [1.165, 1.54) is 12.4 Å². The Labute approximate surface area is 128 Å². The summed E-state index contributed by atoms with van der Waals surface area (Å²) in [6, 6.07) is 4.50. The second-order valence-electron chi connectivity index (χ2n) is 4.58. The van der Waals surface area contributed by atoms with Gasteiger partial charge in [0.25, 0.3) is 0 Å². The number of hydrogen-bond donors (Lipinski definition) is 2. The summed E-state index contributed by atoms with van der Waals surface area (Å²) in [4.78, 5) is 8.56. The second-order valence-corrected chi connectivity index (χ2v) is 4.99. The lowest BCUT2D eigenvalue weighted by atomic mass is 10.1. The van der Waals surface area contributed by atoms with Crippen LogP contribution in [0.25, 0.3) is 0 Å². The van der Waals surface area contributed by atoms with E-state index in [-0.39, 0.29) is 5.02 Å². The minimum atomic E-state index is -0.438. The molecule has 4 nitrogen and oxygen atoms in total. The lowest BCUT2D eigenvalue weighted by Crippen LogP contribution is -2.08. The van der Waals surface area contributed by atoms with Gasteiger partial charge in [0.2, 0.25) is 0 Å². The Morgan fingerprint density at radius 3 is 2.62 bits per heavy atom. The molecule has 0 aliphatic heterocycles. The van der Waals surface area contributed by atoms with E-state index in [2.05, 4.69) is 27.5 Å². The molecule has 0 atom stereocenters. The first-order valence-corrected chi connectivity index (χ1v) is 7.33. The SMILES string of the molecule is CCCc1c(NCC)ncnc1Nc1ccc(F)c(Cl)c1. The largest absolute Gasteiger partial charge is 0.370 e. The highest BCUT2D eigenvalue weighted by Gasteiger charge is 2.11. The quantitative estimate of drug-likeness (QED) is 0.830. The Morgan fingerprint density at radius 1 is 1.19 bits per heavy atom. The average Bonchev–Trinajstić information content (AvgIpc) is 2.46. The van der Waals surface area contributed by atoms with Gasteiger partial charge < -0.3 is 10.6 Å². The second kappa shape index (κ2) is 7.22. The first-order chi connectivity index (χ1) is 10.2. The monoisotopic (exact) mass is 308 g/mol. The Morgan fingerprint density at radius 2 is 1.95 bits per heavy atom. The molecule has 0 amide bonds. The lowest BCUT2D eigenvalue weighted by molar-refractivity contribution is 0.628. The van der Waals surface area contributed by atoms with E-state index in [1.54, 1.807) is 12.1 Å². The van der Waals surface area contributed by atoms with Gasteiger partial charge in [-0.1, -0.05) is 24.9 Å². The van der Waals surface area contributed by atoms with Crippen LogP contribution in [-0.2, 0) is 6.42 Å². The molecule has 1 heterocycles. The summed E-state index contributed by atoms with van der Waals surface area (Å²) in [5.41, 5.74) is 1.71. The summed E-state index contributed by atoms with van der Waals surface area (Å²) < 4.78 is 13.2. The zero-order chi connectivity index (χ0) is 15.2. The number of anilines is 3. The molecule has 0 radical (unpaired) electrons. The maximum absolute atomic E-state index is 13.2. The smallest absolute Gasteiger partial charge is 0.141 e. The van der Waals surface area contributed by atoms with Crippen LogP contribution in [0.2, 0.25) is 5.02 Å². The lowest BCUT2D eigenvalue weighted by Gasteiger charge is -2.14. The molecule has 0 aliphatic carbocycles. The molecule has 0 saturated carbocycles. The van der Waals surface area contributed by atoms with Crippen molar-refractivity contribution in [1.29, 1.82) is 0 Å². The fourth-order valence-corrected chi connectivity index (χ4v) is 2.22. The van der Waals surface area contributed by atoms with Crippen molar-refractivity contribution in [3.05, 3.63) is 40.9 Å². The van der Waals surface area contributed by atoms with Gasteiger partial charge >= 0.3 is 0 Å². The van der Waals surface area contributed by atoms with E-state index < -0.39 is 5.82 Å². The highest BCUT2D eigenvalue weighted by Crippen LogP contribution is 2.27. The molecular weight excluding hydrogens is 291 g/mol. The van der Waals surface area contributed by atoms with Crippen LogP contribution in [0.1, 0.15) is 25.8 Å². The van der Waals surface area contributed by atoms with Crippen molar-refractivity contribution in [2.75, 3.05) is 17.2 Å². The molecule has 2 aromatic rings. The number of benzene rings is 1. The van der Waals surface area contributed by atoms with Gasteiger partial charge in [0.05, 0.1) is 5.02 Å². The Bertz CT molecular complexity index is 619. The van der Waals surface area contributed by atoms with Crippen molar-refractivity contribution < 1.29 is 4.39 Å². The Hall–Kier alpha value is -1.88. The predicted octanol–water partition coefficient (Wildman–Crippen LogP) is 4.40. The third kappa shape index (κ3) is 3.82. The van der Waals surface area contributed by atoms with Crippen molar-refractivity contribution in [2.45, 2.75) is 26.7 Å².